The summed E-state index contributed by atoms with van der Waals surface area (Å²) in [5, 5.41) is 7.89. The lowest BCUT2D eigenvalue weighted by Gasteiger charge is -2.04. The number of hydrogen-bond donors (Lipinski definition) is 1. The summed E-state index contributed by atoms with van der Waals surface area (Å²) in [7, 11) is 0. The molecule has 0 amide bonds. The highest BCUT2D eigenvalue weighted by atomic mass is 79.9. The van der Waals surface area contributed by atoms with Crippen molar-refractivity contribution in [1.29, 1.82) is 0 Å². The topological polar surface area (TPSA) is 63.6 Å². The zero-order valence-electron chi connectivity index (χ0n) is 10.5. The molecule has 0 heterocycles. The number of carboxylic acid groups (broad SMARTS) is 1. The summed E-state index contributed by atoms with van der Waals surface area (Å²) in [4.78, 5) is 20.2. The number of carbonyl (C=O) groups excluding carboxylic acids is 1. The highest BCUT2D eigenvalue weighted by molar-refractivity contribution is 9.10. The molecule has 0 saturated heterocycles. The van der Waals surface area contributed by atoms with E-state index in [9.17, 15) is 9.59 Å². The van der Waals surface area contributed by atoms with Crippen molar-refractivity contribution in [1.82, 2.24) is 0 Å². The maximum Gasteiger partial charge on any atom is 0.330 e. The zero-order chi connectivity index (χ0) is 14.3. The van der Waals surface area contributed by atoms with Crippen LogP contribution in [0.2, 0.25) is 0 Å². The van der Waals surface area contributed by atoms with Gasteiger partial charge in [0.15, 0.2) is 0 Å². The Balaban J connectivity index is 0.000000411. The number of esters is 1. The van der Waals surface area contributed by atoms with Crippen LogP contribution in [0, 0.1) is 6.92 Å². The molecular weight excluding hydrogens is 300 g/mol. The van der Waals surface area contributed by atoms with E-state index >= 15 is 0 Å². The fourth-order valence-electron chi connectivity index (χ4n) is 0.839. The molecule has 0 fully saturated rings. The zero-order valence-corrected chi connectivity index (χ0v) is 12.1. The minimum absolute atomic E-state index is 0.176. The highest BCUT2D eigenvalue weighted by Crippen LogP contribution is 2.22. The number of carboxylic acids is 1. The molecule has 0 aliphatic heterocycles. The Hall–Kier alpha value is -1.62. The van der Waals surface area contributed by atoms with Crippen LogP contribution in [0.4, 0.5) is 0 Å². The summed E-state index contributed by atoms with van der Waals surface area (Å²) >= 11 is 3.29. The van der Waals surface area contributed by atoms with E-state index in [2.05, 4.69) is 22.5 Å². The second kappa shape index (κ2) is 7.66. The van der Waals surface area contributed by atoms with Gasteiger partial charge in [-0.25, -0.2) is 4.79 Å². The van der Waals surface area contributed by atoms with Crippen molar-refractivity contribution in [3.05, 3.63) is 40.4 Å². The average Bonchev–Trinajstić information content (AvgIpc) is 2.23. The van der Waals surface area contributed by atoms with E-state index in [4.69, 9.17) is 9.84 Å². The first-order chi connectivity index (χ1) is 8.23. The van der Waals surface area contributed by atoms with Crippen molar-refractivity contribution in [2.45, 2.75) is 20.8 Å². The van der Waals surface area contributed by atoms with Crippen molar-refractivity contribution < 1.29 is 19.4 Å². The first kappa shape index (κ1) is 16.4. The van der Waals surface area contributed by atoms with Crippen molar-refractivity contribution in [3.8, 4) is 5.75 Å². The fraction of sp³-hybridized carbons (Fsp3) is 0.231. The monoisotopic (exact) mass is 314 g/mol. The Morgan fingerprint density at radius 2 is 1.83 bits per heavy atom. The van der Waals surface area contributed by atoms with Gasteiger partial charge in [0.1, 0.15) is 5.75 Å². The van der Waals surface area contributed by atoms with Gasteiger partial charge in [-0.2, -0.15) is 0 Å². The van der Waals surface area contributed by atoms with E-state index in [1.807, 2.05) is 19.1 Å². The SMILES string of the molecule is C=C(C)C(=O)O.CC(=O)Oc1cc(Br)ccc1C. The Morgan fingerprint density at radius 1 is 1.33 bits per heavy atom. The van der Waals surface area contributed by atoms with Crippen LogP contribution in [0.25, 0.3) is 0 Å². The maximum absolute atomic E-state index is 10.6. The minimum atomic E-state index is -0.935. The lowest BCUT2D eigenvalue weighted by atomic mass is 10.2. The van der Waals surface area contributed by atoms with Crippen LogP contribution >= 0.6 is 15.9 Å². The van der Waals surface area contributed by atoms with Gasteiger partial charge in [-0.3, -0.25) is 4.79 Å². The van der Waals surface area contributed by atoms with Gasteiger partial charge in [0.25, 0.3) is 0 Å². The summed E-state index contributed by atoms with van der Waals surface area (Å²) < 4.78 is 5.86. The minimum Gasteiger partial charge on any atom is -0.478 e. The molecule has 0 radical (unpaired) electrons. The number of aliphatic carboxylic acids is 1. The predicted molar refractivity (Wildman–Crippen MR) is 72.6 cm³/mol. The molecule has 1 rings (SSSR count). The largest absolute Gasteiger partial charge is 0.478 e. The summed E-state index contributed by atoms with van der Waals surface area (Å²) in [6.45, 7) is 7.88. The van der Waals surface area contributed by atoms with Crippen LogP contribution in [0.5, 0.6) is 5.75 Å². The summed E-state index contributed by atoms with van der Waals surface area (Å²) in [5.74, 6) is -0.622. The molecule has 0 aromatic heterocycles. The van der Waals surface area contributed by atoms with Crippen molar-refractivity contribution in [2.24, 2.45) is 0 Å². The van der Waals surface area contributed by atoms with Gasteiger partial charge >= 0.3 is 11.9 Å². The maximum atomic E-state index is 10.6. The van der Waals surface area contributed by atoms with Gasteiger partial charge in [-0.05, 0) is 31.5 Å². The second-order valence-corrected chi connectivity index (χ2v) is 4.50. The third-order valence-electron chi connectivity index (χ3n) is 1.77. The van der Waals surface area contributed by atoms with Crippen molar-refractivity contribution in [2.75, 3.05) is 0 Å². The molecule has 0 unspecified atom stereocenters. The van der Waals surface area contributed by atoms with Gasteiger partial charge in [0, 0.05) is 17.0 Å². The molecule has 98 valence electrons. The molecule has 4 nitrogen and oxygen atoms in total. The molecule has 0 atom stereocenters. The molecule has 0 bridgehead atoms. The number of ether oxygens (including phenoxy) is 1. The number of benzene rings is 1. The number of carbonyl (C=O) groups is 2. The molecule has 5 heteroatoms. The van der Waals surface area contributed by atoms with E-state index in [1.54, 1.807) is 6.07 Å². The summed E-state index contributed by atoms with van der Waals surface area (Å²) in [5.41, 5.74) is 1.13. The smallest absolute Gasteiger partial charge is 0.330 e. The quantitative estimate of drug-likeness (QED) is 0.516. The molecule has 0 aliphatic rings. The standard InChI is InChI=1S/C9H9BrO2.C4H6O2/c1-6-3-4-8(10)5-9(6)12-7(2)11;1-3(2)4(5)6/h3-5H,1-2H3;1H2,2H3,(H,5,6). The average molecular weight is 315 g/mol. The van der Waals surface area contributed by atoms with Gasteiger partial charge in [-0.15, -0.1) is 0 Å². The van der Waals surface area contributed by atoms with E-state index < -0.39 is 5.97 Å². The fourth-order valence-corrected chi connectivity index (χ4v) is 1.18. The van der Waals surface area contributed by atoms with E-state index in [1.165, 1.54) is 13.8 Å². The summed E-state index contributed by atoms with van der Waals surface area (Å²) in [6, 6.07) is 5.57. The van der Waals surface area contributed by atoms with E-state index in [0.29, 0.717) is 5.75 Å². The Kier molecular flexibility index (Phi) is 6.97. The summed E-state index contributed by atoms with van der Waals surface area (Å²) in [6.07, 6.45) is 0. The van der Waals surface area contributed by atoms with Crippen LogP contribution in [0.15, 0.2) is 34.8 Å². The number of rotatable bonds is 2. The Labute approximate surface area is 114 Å². The first-order valence-corrected chi connectivity index (χ1v) is 5.86. The van der Waals surface area contributed by atoms with Crippen molar-refractivity contribution >= 4 is 27.9 Å². The number of hydrogen-bond acceptors (Lipinski definition) is 3. The molecule has 1 aromatic rings. The molecule has 0 aliphatic carbocycles. The van der Waals surface area contributed by atoms with E-state index in [-0.39, 0.29) is 11.5 Å². The van der Waals surface area contributed by atoms with Gasteiger partial charge in [-0.1, -0.05) is 28.6 Å². The predicted octanol–water partition coefficient (Wildman–Crippen LogP) is 3.33. The van der Waals surface area contributed by atoms with Crippen LogP contribution in [0.1, 0.15) is 19.4 Å². The second-order valence-electron chi connectivity index (χ2n) is 3.59. The van der Waals surface area contributed by atoms with E-state index in [0.717, 1.165) is 10.0 Å². The molecule has 0 spiro atoms. The molecule has 0 saturated carbocycles. The lowest BCUT2D eigenvalue weighted by molar-refractivity contribution is -0.133. The number of halogens is 1. The van der Waals surface area contributed by atoms with Gasteiger partial charge in [0.05, 0.1) is 0 Å². The normalized spacial score (nSPS) is 8.89. The first-order valence-electron chi connectivity index (χ1n) is 5.07. The third-order valence-corrected chi connectivity index (χ3v) is 2.26. The van der Waals surface area contributed by atoms with Crippen LogP contribution in [-0.4, -0.2) is 17.0 Å². The number of aryl methyl sites for hydroxylation is 1. The van der Waals surface area contributed by atoms with Crippen LogP contribution < -0.4 is 4.74 Å². The van der Waals surface area contributed by atoms with Gasteiger partial charge < -0.3 is 9.84 Å². The van der Waals surface area contributed by atoms with Gasteiger partial charge in [0.2, 0.25) is 0 Å². The molecule has 1 aromatic carbocycles. The van der Waals surface area contributed by atoms with Crippen LogP contribution in [-0.2, 0) is 9.59 Å². The highest BCUT2D eigenvalue weighted by Gasteiger charge is 2.02. The van der Waals surface area contributed by atoms with Crippen LogP contribution in [0.3, 0.4) is 0 Å². The Bertz CT molecular complexity index is 454. The molecular formula is C13H15BrO4. The van der Waals surface area contributed by atoms with Crippen molar-refractivity contribution in [3.63, 3.8) is 0 Å². The Morgan fingerprint density at radius 3 is 2.22 bits per heavy atom. The lowest BCUT2D eigenvalue weighted by Crippen LogP contribution is -2.02. The molecule has 1 N–H and O–H groups in total. The third kappa shape index (κ3) is 6.85. The molecule has 18 heavy (non-hydrogen) atoms.